The zero-order valence-electron chi connectivity index (χ0n) is 16.0. The highest BCUT2D eigenvalue weighted by molar-refractivity contribution is 7.10. The molecule has 1 fully saturated rings. The van der Waals surface area contributed by atoms with Crippen molar-refractivity contribution in [2.75, 3.05) is 0 Å². The lowest BCUT2D eigenvalue weighted by atomic mass is 9.89. The van der Waals surface area contributed by atoms with E-state index in [0.29, 0.717) is 12.0 Å². The number of hydrogen-bond donors (Lipinski definition) is 3. The van der Waals surface area contributed by atoms with Crippen LogP contribution in [0.15, 0.2) is 47.5 Å². The monoisotopic (exact) mass is 432 g/mol. The van der Waals surface area contributed by atoms with Gasteiger partial charge in [-0.15, -0.1) is 28.7 Å². The Hall–Kier alpha value is -1.88. The van der Waals surface area contributed by atoms with Crippen LogP contribution in [0.3, 0.4) is 0 Å². The van der Waals surface area contributed by atoms with Gasteiger partial charge in [-0.25, -0.2) is 4.79 Å². The van der Waals surface area contributed by atoms with Crippen molar-refractivity contribution in [2.24, 2.45) is 11.8 Å². The van der Waals surface area contributed by atoms with E-state index in [-0.39, 0.29) is 23.8 Å². The largest absolute Gasteiger partial charge is 0.478 e. The Bertz CT molecular complexity index is 900. The maximum atomic E-state index is 11.0. The highest BCUT2D eigenvalue weighted by atomic mass is 35.5. The van der Waals surface area contributed by atoms with Crippen LogP contribution < -0.4 is 0 Å². The molecule has 0 bridgehead atoms. The minimum atomic E-state index is -0.895. The minimum absolute atomic E-state index is 0.000926. The smallest absolute Gasteiger partial charge is 0.336 e. The first-order valence-electron chi connectivity index (χ1n) is 9.73. The molecule has 154 valence electrons. The fourth-order valence-electron chi connectivity index (χ4n) is 3.87. The highest BCUT2D eigenvalue weighted by Gasteiger charge is 2.39. The maximum Gasteiger partial charge on any atom is 0.336 e. The summed E-state index contributed by atoms with van der Waals surface area (Å²) in [6.45, 7) is 0.000926. The second kappa shape index (κ2) is 10.2. The number of aryl methyl sites for hydroxylation is 1. The first-order chi connectivity index (χ1) is 14.0. The molecule has 1 aliphatic carbocycles. The first kappa shape index (κ1) is 21.8. The van der Waals surface area contributed by atoms with E-state index in [2.05, 4.69) is 5.73 Å². The molecule has 3 N–H and O–H groups in total. The third-order valence-electron chi connectivity index (χ3n) is 5.40. The van der Waals surface area contributed by atoms with Crippen molar-refractivity contribution in [3.63, 3.8) is 0 Å². The number of rotatable bonds is 8. The molecule has 4 nitrogen and oxygen atoms in total. The Balaban J connectivity index is 1.61. The van der Waals surface area contributed by atoms with E-state index in [9.17, 15) is 15.0 Å². The summed E-state index contributed by atoms with van der Waals surface area (Å²) in [5.41, 5.74) is 5.32. The van der Waals surface area contributed by atoms with Gasteiger partial charge in [-0.1, -0.05) is 18.2 Å². The van der Waals surface area contributed by atoms with Gasteiger partial charge in [0.15, 0.2) is 0 Å². The number of carbonyl (C=O) groups is 1. The Kier molecular flexibility index (Phi) is 7.70. The molecule has 4 atom stereocenters. The predicted molar refractivity (Wildman–Crippen MR) is 116 cm³/mol. The van der Waals surface area contributed by atoms with Crippen molar-refractivity contribution in [1.29, 1.82) is 0 Å². The summed E-state index contributed by atoms with van der Waals surface area (Å²) in [5.74, 6) is -0.781. The molecule has 1 saturated carbocycles. The van der Waals surface area contributed by atoms with Gasteiger partial charge in [0.1, 0.15) is 0 Å². The number of halogens is 1. The molecule has 1 heterocycles. The van der Waals surface area contributed by atoms with Gasteiger partial charge < -0.3 is 15.3 Å². The SMILES string of the molecule is O=C(O)c1csc(CCC[C@@H]2[C@@H](C=C=Cc3cccc(CO)c3)[C@H](O)C[C@H]2Cl)c1. The van der Waals surface area contributed by atoms with Crippen molar-refractivity contribution in [1.82, 2.24) is 0 Å². The standard InChI is InChI=1S/C23H25ClO4S/c24-21-12-22(26)20(9-2-5-15-4-1-6-16(10-15)13-25)19(21)8-3-7-18-11-17(14-29-18)23(27)28/h1,4-6,9-11,14,19-22,25-26H,3,7-8,12-13H2,(H,27,28)/t2?,19-,20-,21-,22-/m1/s1. The van der Waals surface area contributed by atoms with E-state index >= 15 is 0 Å². The molecule has 1 aliphatic rings. The second-order valence-corrected chi connectivity index (χ2v) is 9.00. The number of thiophene rings is 1. The lowest BCUT2D eigenvalue weighted by molar-refractivity contribution is 0.0697. The average molecular weight is 433 g/mol. The number of hydrogen-bond acceptors (Lipinski definition) is 4. The number of benzene rings is 1. The van der Waals surface area contributed by atoms with Crippen LogP contribution in [0.2, 0.25) is 0 Å². The van der Waals surface area contributed by atoms with Crippen molar-refractivity contribution in [3.05, 3.63) is 69.1 Å². The van der Waals surface area contributed by atoms with Gasteiger partial charge >= 0.3 is 5.97 Å². The number of aliphatic hydroxyl groups is 2. The summed E-state index contributed by atoms with van der Waals surface area (Å²) < 4.78 is 0. The normalized spacial score (nSPS) is 23.6. The van der Waals surface area contributed by atoms with Crippen molar-refractivity contribution < 1.29 is 20.1 Å². The van der Waals surface area contributed by atoms with Crippen LogP contribution in [0.5, 0.6) is 0 Å². The minimum Gasteiger partial charge on any atom is -0.478 e. The number of aliphatic hydroxyl groups excluding tert-OH is 2. The van der Waals surface area contributed by atoms with Crippen molar-refractivity contribution in [3.8, 4) is 0 Å². The summed E-state index contributed by atoms with van der Waals surface area (Å²) >= 11 is 7.98. The molecule has 0 unspecified atom stereocenters. The molecule has 1 aromatic heterocycles. The van der Waals surface area contributed by atoms with Crippen LogP contribution in [0.4, 0.5) is 0 Å². The van der Waals surface area contributed by atoms with Crippen LogP contribution in [0, 0.1) is 11.8 Å². The highest BCUT2D eigenvalue weighted by Crippen LogP contribution is 2.40. The average Bonchev–Trinajstić information content (AvgIpc) is 3.28. The summed E-state index contributed by atoms with van der Waals surface area (Å²) in [6.07, 6.45) is 6.43. The lowest BCUT2D eigenvalue weighted by Gasteiger charge is -2.19. The first-order valence-corrected chi connectivity index (χ1v) is 11.0. The zero-order valence-corrected chi connectivity index (χ0v) is 17.6. The molecule has 2 aromatic rings. The lowest BCUT2D eigenvalue weighted by Crippen LogP contribution is -2.18. The molecule has 3 rings (SSSR count). The molecular formula is C23H25ClO4S. The Morgan fingerprint density at radius 2 is 2.17 bits per heavy atom. The summed E-state index contributed by atoms with van der Waals surface area (Å²) in [4.78, 5) is 12.1. The summed E-state index contributed by atoms with van der Waals surface area (Å²) in [6, 6.07) is 9.33. The number of alkyl halides is 1. The molecule has 0 radical (unpaired) electrons. The van der Waals surface area contributed by atoms with E-state index in [1.54, 1.807) is 11.4 Å². The topological polar surface area (TPSA) is 77.8 Å². The number of aromatic carboxylic acids is 1. The van der Waals surface area contributed by atoms with E-state index < -0.39 is 12.1 Å². The third-order valence-corrected chi connectivity index (χ3v) is 6.90. The zero-order chi connectivity index (χ0) is 20.8. The van der Waals surface area contributed by atoms with E-state index in [1.807, 2.05) is 36.4 Å². The van der Waals surface area contributed by atoms with Gasteiger partial charge in [0, 0.05) is 21.6 Å². The van der Waals surface area contributed by atoms with Gasteiger partial charge in [0.25, 0.3) is 0 Å². The molecule has 29 heavy (non-hydrogen) atoms. The second-order valence-electron chi connectivity index (χ2n) is 7.44. The summed E-state index contributed by atoms with van der Waals surface area (Å²) in [7, 11) is 0. The molecule has 6 heteroatoms. The predicted octanol–water partition coefficient (Wildman–Crippen LogP) is 4.73. The fraction of sp³-hybridized carbons (Fsp3) is 0.391. The molecule has 0 aliphatic heterocycles. The van der Waals surface area contributed by atoms with Crippen LogP contribution in [-0.4, -0.2) is 32.8 Å². The van der Waals surface area contributed by atoms with E-state index in [1.165, 1.54) is 11.3 Å². The maximum absolute atomic E-state index is 11.0. The Morgan fingerprint density at radius 3 is 2.90 bits per heavy atom. The van der Waals surface area contributed by atoms with E-state index in [4.69, 9.17) is 16.7 Å². The van der Waals surface area contributed by atoms with Gasteiger partial charge in [0.05, 0.1) is 18.3 Å². The van der Waals surface area contributed by atoms with Crippen LogP contribution >= 0.6 is 22.9 Å². The Labute approximate surface area is 179 Å². The summed E-state index contributed by atoms with van der Waals surface area (Å²) in [5, 5.41) is 30.3. The van der Waals surface area contributed by atoms with Crippen LogP contribution in [0.25, 0.3) is 6.08 Å². The Morgan fingerprint density at radius 1 is 1.34 bits per heavy atom. The molecule has 0 saturated heterocycles. The molecule has 1 aromatic carbocycles. The number of carboxylic acid groups (broad SMARTS) is 1. The van der Waals surface area contributed by atoms with Gasteiger partial charge in [0.2, 0.25) is 0 Å². The molecule has 0 amide bonds. The quantitative estimate of drug-likeness (QED) is 0.416. The van der Waals surface area contributed by atoms with Gasteiger partial charge in [-0.2, -0.15) is 0 Å². The van der Waals surface area contributed by atoms with Crippen molar-refractivity contribution in [2.45, 2.75) is 43.8 Å². The number of carboxylic acids is 1. The molecular weight excluding hydrogens is 408 g/mol. The van der Waals surface area contributed by atoms with Crippen LogP contribution in [-0.2, 0) is 13.0 Å². The van der Waals surface area contributed by atoms with Gasteiger partial charge in [-0.3, -0.25) is 0 Å². The van der Waals surface area contributed by atoms with Gasteiger partial charge in [-0.05, 0) is 67.0 Å². The van der Waals surface area contributed by atoms with Crippen LogP contribution in [0.1, 0.15) is 45.6 Å². The van der Waals surface area contributed by atoms with Crippen molar-refractivity contribution >= 4 is 35.0 Å². The fourth-order valence-corrected chi connectivity index (χ4v) is 5.25. The van der Waals surface area contributed by atoms with E-state index in [0.717, 1.165) is 35.3 Å². The molecule has 0 spiro atoms. The third kappa shape index (κ3) is 5.81.